The average Bonchev–Trinajstić information content (AvgIpc) is 3.21. The van der Waals surface area contributed by atoms with Crippen LogP contribution < -0.4 is 15.1 Å². The fraction of sp³-hybridized carbons (Fsp3) is 0.625. The van der Waals surface area contributed by atoms with Gasteiger partial charge >= 0.3 is 0 Å². The molecular weight excluding hydrogens is 292 g/mol. The first-order valence-corrected chi connectivity index (χ1v) is 8.45. The molecule has 5 rings (SSSR count). The topological polar surface area (TPSA) is 57.9 Å². The average molecular weight is 314 g/mol. The van der Waals surface area contributed by atoms with Gasteiger partial charge in [0.05, 0.1) is 30.8 Å². The highest BCUT2D eigenvalue weighted by Crippen LogP contribution is 2.37. The van der Waals surface area contributed by atoms with Crippen molar-refractivity contribution in [1.29, 1.82) is 0 Å². The molecule has 3 aliphatic heterocycles. The molecule has 5 heterocycles. The second kappa shape index (κ2) is 5.07. The fourth-order valence-corrected chi connectivity index (χ4v) is 4.03. The zero-order valence-corrected chi connectivity index (χ0v) is 13.2. The molecule has 3 fully saturated rings. The molecule has 0 atom stereocenters. The van der Waals surface area contributed by atoms with Crippen LogP contribution in [0.1, 0.15) is 6.42 Å². The molecule has 3 aliphatic rings. The van der Waals surface area contributed by atoms with Gasteiger partial charge in [-0.25, -0.2) is 9.50 Å². The van der Waals surface area contributed by atoms with Gasteiger partial charge in [0.15, 0.2) is 5.65 Å². The Labute approximate surface area is 135 Å². The number of aromatic nitrogens is 3. The van der Waals surface area contributed by atoms with E-state index in [0.717, 1.165) is 58.1 Å². The van der Waals surface area contributed by atoms with Gasteiger partial charge < -0.3 is 19.9 Å². The van der Waals surface area contributed by atoms with E-state index in [1.165, 1.54) is 17.8 Å². The summed E-state index contributed by atoms with van der Waals surface area (Å²) in [4.78, 5) is 9.33. The third-order valence-electron chi connectivity index (χ3n) is 5.50. The molecule has 0 radical (unpaired) electrons. The highest BCUT2D eigenvalue weighted by molar-refractivity contribution is 5.73. The molecule has 3 saturated heterocycles. The van der Waals surface area contributed by atoms with Crippen molar-refractivity contribution in [3.63, 3.8) is 0 Å². The van der Waals surface area contributed by atoms with Crippen LogP contribution in [0, 0.1) is 5.41 Å². The quantitative estimate of drug-likeness (QED) is 0.864. The van der Waals surface area contributed by atoms with Crippen LogP contribution in [-0.2, 0) is 4.74 Å². The number of nitrogens with zero attached hydrogens (tertiary/aromatic N) is 5. The van der Waals surface area contributed by atoms with Gasteiger partial charge in [-0.05, 0) is 12.5 Å². The lowest BCUT2D eigenvalue weighted by Crippen LogP contribution is -2.54. The maximum atomic E-state index is 5.49. The number of rotatable bonds is 2. The molecule has 0 saturated carbocycles. The molecular formula is C16H22N6O. The molecule has 0 unspecified atom stereocenters. The highest BCUT2D eigenvalue weighted by Gasteiger charge is 2.43. The lowest BCUT2D eigenvalue weighted by atomic mass is 9.81. The number of pyridine rings is 1. The predicted molar refractivity (Wildman–Crippen MR) is 88.2 cm³/mol. The summed E-state index contributed by atoms with van der Waals surface area (Å²) in [5.74, 6) is 0. The van der Waals surface area contributed by atoms with Gasteiger partial charge in [0.2, 0.25) is 0 Å². The largest absolute Gasteiger partial charge is 0.378 e. The third kappa shape index (κ3) is 2.18. The van der Waals surface area contributed by atoms with Gasteiger partial charge in [0.1, 0.15) is 6.33 Å². The van der Waals surface area contributed by atoms with Gasteiger partial charge in [0.25, 0.3) is 0 Å². The molecule has 2 aromatic rings. The Morgan fingerprint density at radius 3 is 2.74 bits per heavy atom. The van der Waals surface area contributed by atoms with Gasteiger partial charge in [-0.2, -0.15) is 5.10 Å². The number of hydrogen-bond acceptors (Lipinski definition) is 6. The van der Waals surface area contributed by atoms with Gasteiger partial charge in [-0.3, -0.25) is 0 Å². The zero-order chi connectivity index (χ0) is 15.3. The second-order valence-corrected chi connectivity index (χ2v) is 6.99. The maximum absolute atomic E-state index is 5.49. The van der Waals surface area contributed by atoms with Gasteiger partial charge in [-0.1, -0.05) is 0 Å². The Morgan fingerprint density at radius 1 is 1.13 bits per heavy atom. The van der Waals surface area contributed by atoms with E-state index in [1.807, 2.05) is 4.52 Å². The van der Waals surface area contributed by atoms with E-state index in [9.17, 15) is 0 Å². The van der Waals surface area contributed by atoms with Crippen LogP contribution in [0.4, 0.5) is 11.4 Å². The first kappa shape index (κ1) is 13.6. The van der Waals surface area contributed by atoms with E-state index in [4.69, 9.17) is 4.74 Å². The molecule has 0 aliphatic carbocycles. The number of hydrogen-bond donors (Lipinski definition) is 1. The highest BCUT2D eigenvalue weighted by atomic mass is 16.5. The molecule has 0 aromatic carbocycles. The Morgan fingerprint density at radius 2 is 2.00 bits per heavy atom. The van der Waals surface area contributed by atoms with E-state index in [-0.39, 0.29) is 0 Å². The Kier molecular flexibility index (Phi) is 2.99. The maximum Gasteiger partial charge on any atom is 0.178 e. The lowest BCUT2D eigenvalue weighted by Gasteiger charge is -2.39. The summed E-state index contributed by atoms with van der Waals surface area (Å²) in [7, 11) is 0. The summed E-state index contributed by atoms with van der Waals surface area (Å²) in [6.45, 7) is 7.98. The summed E-state index contributed by atoms with van der Waals surface area (Å²) in [6, 6.07) is 2.29. The number of morpholine rings is 1. The molecule has 2 aromatic heterocycles. The molecule has 0 amide bonds. The SMILES string of the molecule is c1nc2c(N3CCOCC3)cc(N3CCC4(CNC4)C3)cn2n1. The molecule has 1 spiro atoms. The van der Waals surface area contributed by atoms with Crippen molar-refractivity contribution < 1.29 is 4.74 Å². The molecule has 122 valence electrons. The van der Waals surface area contributed by atoms with Crippen molar-refractivity contribution in [1.82, 2.24) is 19.9 Å². The molecule has 7 heteroatoms. The summed E-state index contributed by atoms with van der Waals surface area (Å²) in [5.41, 5.74) is 3.87. The van der Waals surface area contributed by atoms with Crippen LogP contribution in [0.3, 0.4) is 0 Å². The minimum atomic E-state index is 0.496. The molecule has 23 heavy (non-hydrogen) atoms. The van der Waals surface area contributed by atoms with Crippen LogP contribution in [0.25, 0.3) is 5.65 Å². The van der Waals surface area contributed by atoms with Crippen molar-refractivity contribution in [3.8, 4) is 0 Å². The number of fused-ring (bicyclic) bond motifs is 1. The zero-order valence-electron chi connectivity index (χ0n) is 13.2. The van der Waals surface area contributed by atoms with Crippen molar-refractivity contribution in [2.24, 2.45) is 5.41 Å². The van der Waals surface area contributed by atoms with Crippen LogP contribution in [0.15, 0.2) is 18.6 Å². The van der Waals surface area contributed by atoms with E-state index >= 15 is 0 Å². The molecule has 7 nitrogen and oxygen atoms in total. The Bertz CT molecular complexity index is 718. The van der Waals surface area contributed by atoms with Crippen LogP contribution in [0.2, 0.25) is 0 Å². The fourth-order valence-electron chi connectivity index (χ4n) is 4.03. The van der Waals surface area contributed by atoms with Crippen LogP contribution in [0.5, 0.6) is 0 Å². The van der Waals surface area contributed by atoms with Crippen molar-refractivity contribution >= 4 is 17.0 Å². The summed E-state index contributed by atoms with van der Waals surface area (Å²) in [5, 5.41) is 7.81. The van der Waals surface area contributed by atoms with Gasteiger partial charge in [-0.15, -0.1) is 0 Å². The van der Waals surface area contributed by atoms with E-state index in [0.29, 0.717) is 5.41 Å². The summed E-state index contributed by atoms with van der Waals surface area (Å²) in [6.07, 6.45) is 5.05. The lowest BCUT2D eigenvalue weighted by molar-refractivity contribution is 0.123. The second-order valence-electron chi connectivity index (χ2n) is 6.99. The minimum Gasteiger partial charge on any atom is -0.378 e. The first-order chi connectivity index (χ1) is 11.3. The molecule has 1 N–H and O–H groups in total. The van der Waals surface area contributed by atoms with Crippen molar-refractivity contribution in [2.75, 3.05) is 62.3 Å². The van der Waals surface area contributed by atoms with Crippen molar-refractivity contribution in [3.05, 3.63) is 18.6 Å². The van der Waals surface area contributed by atoms with Crippen molar-refractivity contribution in [2.45, 2.75) is 6.42 Å². The minimum absolute atomic E-state index is 0.496. The van der Waals surface area contributed by atoms with E-state index in [2.05, 4.69) is 37.5 Å². The van der Waals surface area contributed by atoms with E-state index < -0.39 is 0 Å². The Balaban J connectivity index is 1.51. The molecule has 0 bridgehead atoms. The monoisotopic (exact) mass is 314 g/mol. The standard InChI is InChI=1S/C16H22N6O/c1-2-21(11-16(1)9-17-10-16)13-7-14(20-3-5-23-6-4-20)15-18-12-19-22(15)8-13/h7-8,12,17H,1-6,9-11H2. The summed E-state index contributed by atoms with van der Waals surface area (Å²) < 4.78 is 7.41. The van der Waals surface area contributed by atoms with Crippen LogP contribution in [-0.4, -0.2) is 67.1 Å². The number of anilines is 2. The smallest absolute Gasteiger partial charge is 0.178 e. The Hall–Kier alpha value is -1.86. The third-order valence-corrected chi connectivity index (χ3v) is 5.50. The number of nitrogens with one attached hydrogen (secondary N) is 1. The summed E-state index contributed by atoms with van der Waals surface area (Å²) >= 11 is 0. The number of ether oxygens (including phenoxy) is 1. The first-order valence-electron chi connectivity index (χ1n) is 8.45. The van der Waals surface area contributed by atoms with E-state index in [1.54, 1.807) is 6.33 Å². The van der Waals surface area contributed by atoms with Crippen LogP contribution >= 0.6 is 0 Å². The predicted octanol–water partition coefficient (Wildman–Crippen LogP) is 0.366. The van der Waals surface area contributed by atoms with Gasteiger partial charge in [0, 0.05) is 44.7 Å². The normalized spacial score (nSPS) is 23.7.